The number of amides is 1. The normalized spacial score (nSPS) is 24.5. The Morgan fingerprint density at radius 1 is 1.23 bits per heavy atom. The summed E-state index contributed by atoms with van der Waals surface area (Å²) in [6.45, 7) is 4.64. The van der Waals surface area contributed by atoms with E-state index in [4.69, 9.17) is 4.74 Å². The van der Waals surface area contributed by atoms with Gasteiger partial charge in [0.1, 0.15) is 23.2 Å². The Morgan fingerprint density at radius 3 is 2.71 bits per heavy atom. The molecule has 2 unspecified atom stereocenters. The number of halogens is 1. The van der Waals surface area contributed by atoms with Crippen LogP contribution >= 0.6 is 11.3 Å². The number of thiazole rings is 1. The van der Waals surface area contributed by atoms with Gasteiger partial charge in [0, 0.05) is 23.2 Å². The van der Waals surface area contributed by atoms with E-state index < -0.39 is 0 Å². The standard InChI is InChI=1S/C25H25FN2O2S/c1-15-3-8-21(24-27-9-10-31-24)22(11-15)25(29)28-19-12-17(13-19)16(2)23(28)14-30-20-6-4-18(26)5-7-20/h3-11,16-17,19,23H,12-14H2,1-2H3. The second-order valence-corrected chi connectivity index (χ2v) is 9.57. The Morgan fingerprint density at radius 2 is 2.00 bits per heavy atom. The van der Waals surface area contributed by atoms with Gasteiger partial charge in [0.05, 0.1) is 11.6 Å². The summed E-state index contributed by atoms with van der Waals surface area (Å²) in [6.07, 6.45) is 3.88. The molecule has 31 heavy (non-hydrogen) atoms. The van der Waals surface area contributed by atoms with Crippen LogP contribution < -0.4 is 4.74 Å². The largest absolute Gasteiger partial charge is 0.491 e. The third-order valence-corrected chi connectivity index (χ3v) is 7.59. The van der Waals surface area contributed by atoms with Gasteiger partial charge in [0.25, 0.3) is 5.91 Å². The highest BCUT2D eigenvalue weighted by atomic mass is 32.1. The Hall–Kier alpha value is -2.73. The van der Waals surface area contributed by atoms with Crippen LogP contribution in [0.4, 0.5) is 4.39 Å². The van der Waals surface area contributed by atoms with Crippen molar-refractivity contribution >= 4 is 17.2 Å². The minimum Gasteiger partial charge on any atom is -0.491 e. The smallest absolute Gasteiger partial charge is 0.255 e. The van der Waals surface area contributed by atoms with E-state index in [1.807, 2.05) is 30.5 Å². The molecule has 0 radical (unpaired) electrons. The summed E-state index contributed by atoms with van der Waals surface area (Å²) in [6, 6.07) is 12.3. The van der Waals surface area contributed by atoms with Crippen LogP contribution in [-0.2, 0) is 0 Å². The average Bonchev–Trinajstić information content (AvgIpc) is 3.27. The molecule has 6 heteroatoms. The number of carbonyl (C=O) groups is 1. The molecule has 2 bridgehead atoms. The fourth-order valence-electron chi connectivity index (χ4n) is 4.90. The molecule has 160 valence electrons. The van der Waals surface area contributed by atoms with Gasteiger partial charge in [-0.05, 0) is 61.9 Å². The van der Waals surface area contributed by atoms with Gasteiger partial charge < -0.3 is 9.64 Å². The lowest BCUT2D eigenvalue weighted by molar-refractivity contribution is -0.0670. The number of hydrogen-bond acceptors (Lipinski definition) is 4. The van der Waals surface area contributed by atoms with Crippen molar-refractivity contribution < 1.29 is 13.9 Å². The maximum Gasteiger partial charge on any atom is 0.255 e. The van der Waals surface area contributed by atoms with E-state index in [1.54, 1.807) is 29.7 Å². The van der Waals surface area contributed by atoms with Crippen molar-refractivity contribution in [3.05, 3.63) is 71.0 Å². The number of nitrogens with zero attached hydrogens (tertiary/aromatic N) is 2. The molecular weight excluding hydrogens is 411 g/mol. The number of hydrogen-bond donors (Lipinski definition) is 0. The monoisotopic (exact) mass is 436 g/mol. The molecule has 1 aliphatic carbocycles. The second kappa shape index (κ2) is 8.08. The van der Waals surface area contributed by atoms with Crippen LogP contribution in [0.1, 0.15) is 35.7 Å². The summed E-state index contributed by atoms with van der Waals surface area (Å²) in [7, 11) is 0. The first-order valence-corrected chi connectivity index (χ1v) is 11.6. The lowest BCUT2D eigenvalue weighted by Crippen LogP contribution is -2.64. The highest BCUT2D eigenvalue weighted by Gasteiger charge is 2.51. The van der Waals surface area contributed by atoms with Gasteiger partial charge in [-0.15, -0.1) is 11.3 Å². The first kappa shape index (κ1) is 20.2. The molecule has 3 fully saturated rings. The summed E-state index contributed by atoms with van der Waals surface area (Å²) >= 11 is 1.54. The molecule has 6 rings (SSSR count). The van der Waals surface area contributed by atoms with Gasteiger partial charge >= 0.3 is 0 Å². The topological polar surface area (TPSA) is 42.4 Å². The summed E-state index contributed by atoms with van der Waals surface area (Å²) in [5, 5.41) is 2.79. The van der Waals surface area contributed by atoms with E-state index in [9.17, 15) is 9.18 Å². The van der Waals surface area contributed by atoms with Crippen LogP contribution in [0.2, 0.25) is 0 Å². The molecule has 1 amide bonds. The van der Waals surface area contributed by atoms with E-state index in [1.165, 1.54) is 12.1 Å². The molecule has 0 N–H and O–H groups in total. The number of rotatable bonds is 5. The van der Waals surface area contributed by atoms with Crippen molar-refractivity contribution in [1.82, 2.24) is 9.88 Å². The molecule has 3 aliphatic rings. The van der Waals surface area contributed by atoms with Gasteiger partial charge in [0.2, 0.25) is 0 Å². The lowest BCUT2D eigenvalue weighted by Gasteiger charge is -2.57. The van der Waals surface area contributed by atoms with Crippen molar-refractivity contribution in [3.8, 4) is 16.3 Å². The van der Waals surface area contributed by atoms with Crippen LogP contribution in [-0.4, -0.2) is 34.5 Å². The number of aromatic nitrogens is 1. The first-order chi connectivity index (χ1) is 15.0. The number of benzene rings is 2. The third kappa shape index (κ3) is 3.74. The summed E-state index contributed by atoms with van der Waals surface area (Å²) < 4.78 is 19.2. The van der Waals surface area contributed by atoms with Gasteiger partial charge in [-0.25, -0.2) is 9.37 Å². The summed E-state index contributed by atoms with van der Waals surface area (Å²) in [4.78, 5) is 20.4. The maximum atomic E-state index is 13.9. The number of carbonyl (C=O) groups excluding carboxylic acids is 1. The zero-order valence-electron chi connectivity index (χ0n) is 17.6. The van der Waals surface area contributed by atoms with Crippen molar-refractivity contribution in [3.63, 3.8) is 0 Å². The van der Waals surface area contributed by atoms with Crippen molar-refractivity contribution in [1.29, 1.82) is 0 Å². The van der Waals surface area contributed by atoms with Crippen LogP contribution in [0.5, 0.6) is 5.75 Å². The van der Waals surface area contributed by atoms with Crippen LogP contribution in [0.15, 0.2) is 54.0 Å². The Bertz CT molecular complexity index is 1080. The Labute approximate surface area is 185 Å². The first-order valence-electron chi connectivity index (χ1n) is 10.7. The second-order valence-electron chi connectivity index (χ2n) is 8.68. The van der Waals surface area contributed by atoms with E-state index in [2.05, 4.69) is 16.8 Å². The molecule has 1 aromatic heterocycles. The van der Waals surface area contributed by atoms with E-state index in [0.717, 1.165) is 29.0 Å². The summed E-state index contributed by atoms with van der Waals surface area (Å²) in [5.74, 6) is 1.37. The highest BCUT2D eigenvalue weighted by molar-refractivity contribution is 7.13. The molecule has 4 nitrogen and oxygen atoms in total. The molecule has 3 heterocycles. The minimum atomic E-state index is -0.286. The number of aryl methyl sites for hydroxylation is 1. The SMILES string of the molecule is Cc1ccc(-c2nccs2)c(C(=O)N2C3CC(C3)C(C)C2COc2ccc(F)cc2)c1. The van der Waals surface area contributed by atoms with E-state index >= 15 is 0 Å². The molecule has 3 aromatic rings. The molecule has 2 saturated heterocycles. The predicted molar refractivity (Wildman–Crippen MR) is 120 cm³/mol. The van der Waals surface area contributed by atoms with Gasteiger partial charge in [-0.2, -0.15) is 0 Å². The number of ether oxygens (including phenoxy) is 1. The Kier molecular flexibility index (Phi) is 5.26. The average molecular weight is 437 g/mol. The van der Waals surface area contributed by atoms with Crippen LogP contribution in [0.3, 0.4) is 0 Å². The molecular formula is C25H25FN2O2S. The predicted octanol–water partition coefficient (Wildman–Crippen LogP) is 5.58. The number of piperidine rings is 2. The highest BCUT2D eigenvalue weighted by Crippen LogP contribution is 2.47. The van der Waals surface area contributed by atoms with E-state index in [-0.39, 0.29) is 23.8 Å². The minimum absolute atomic E-state index is 0.0142. The fourth-order valence-corrected chi connectivity index (χ4v) is 5.58. The van der Waals surface area contributed by atoms with Crippen LogP contribution in [0, 0.1) is 24.6 Å². The van der Waals surface area contributed by atoms with Gasteiger partial charge in [0.15, 0.2) is 0 Å². The van der Waals surface area contributed by atoms with E-state index in [0.29, 0.717) is 29.8 Å². The summed E-state index contributed by atoms with van der Waals surface area (Å²) in [5.41, 5.74) is 2.65. The van der Waals surface area contributed by atoms with Crippen molar-refractivity contribution in [2.24, 2.45) is 11.8 Å². The molecule has 2 atom stereocenters. The zero-order chi connectivity index (χ0) is 21.5. The molecule has 2 aromatic carbocycles. The molecule has 2 aliphatic heterocycles. The zero-order valence-corrected chi connectivity index (χ0v) is 18.4. The maximum absolute atomic E-state index is 13.9. The third-order valence-electron chi connectivity index (χ3n) is 6.79. The molecule has 1 saturated carbocycles. The quantitative estimate of drug-likeness (QED) is 0.525. The fraction of sp³-hybridized carbons (Fsp3) is 0.360. The lowest BCUT2D eigenvalue weighted by atomic mass is 9.64. The van der Waals surface area contributed by atoms with Gasteiger partial charge in [-0.3, -0.25) is 4.79 Å². The van der Waals surface area contributed by atoms with Gasteiger partial charge in [-0.1, -0.05) is 24.6 Å². The number of fused-ring (bicyclic) bond motifs is 2. The molecule has 0 spiro atoms. The van der Waals surface area contributed by atoms with Crippen molar-refractivity contribution in [2.75, 3.05) is 6.61 Å². The van der Waals surface area contributed by atoms with Crippen molar-refractivity contribution in [2.45, 2.75) is 38.8 Å². The van der Waals surface area contributed by atoms with Crippen LogP contribution in [0.25, 0.3) is 10.6 Å². The Balaban J connectivity index is 1.45.